The number of anilines is 1. The maximum Gasteiger partial charge on any atom is 0.142 e. The van der Waals surface area contributed by atoms with Crippen LogP contribution in [0.1, 0.15) is 25.3 Å². The van der Waals surface area contributed by atoms with Gasteiger partial charge in [-0.1, -0.05) is 6.92 Å². The molecule has 2 nitrogen and oxygen atoms in total. The first kappa shape index (κ1) is 10.9. The van der Waals surface area contributed by atoms with Gasteiger partial charge in [0, 0.05) is 19.3 Å². The molecule has 1 fully saturated rings. The van der Waals surface area contributed by atoms with Crippen LogP contribution in [-0.2, 0) is 0 Å². The van der Waals surface area contributed by atoms with E-state index in [9.17, 15) is 0 Å². The molecule has 1 aliphatic heterocycles. The number of rotatable bonds is 1. The molecule has 82 valence electrons. The second-order valence-electron chi connectivity index (χ2n) is 4.49. The molecule has 1 saturated heterocycles. The highest BCUT2D eigenvalue weighted by molar-refractivity contribution is 9.10. The van der Waals surface area contributed by atoms with Crippen molar-refractivity contribution in [3.8, 4) is 0 Å². The number of aromatic nitrogens is 1. The Kier molecular flexibility index (Phi) is 3.29. The first-order valence-corrected chi connectivity index (χ1v) is 6.33. The summed E-state index contributed by atoms with van der Waals surface area (Å²) < 4.78 is 1.12. The lowest BCUT2D eigenvalue weighted by molar-refractivity contribution is 0.436. The second-order valence-corrected chi connectivity index (χ2v) is 5.34. The molecule has 0 radical (unpaired) electrons. The molecule has 0 spiro atoms. The van der Waals surface area contributed by atoms with Crippen LogP contribution < -0.4 is 4.90 Å². The van der Waals surface area contributed by atoms with Gasteiger partial charge in [0.2, 0.25) is 0 Å². The molecule has 0 unspecified atom stereocenters. The minimum Gasteiger partial charge on any atom is -0.356 e. The van der Waals surface area contributed by atoms with E-state index in [1.54, 1.807) is 0 Å². The number of hydrogen-bond donors (Lipinski definition) is 0. The van der Waals surface area contributed by atoms with E-state index in [4.69, 9.17) is 0 Å². The molecule has 1 aromatic heterocycles. The van der Waals surface area contributed by atoms with E-state index in [0.717, 1.165) is 29.3 Å². The number of piperidine rings is 1. The fourth-order valence-electron chi connectivity index (χ4n) is 1.98. The smallest absolute Gasteiger partial charge is 0.142 e. The summed E-state index contributed by atoms with van der Waals surface area (Å²) in [6.07, 6.45) is 4.50. The van der Waals surface area contributed by atoms with Crippen molar-refractivity contribution in [2.45, 2.75) is 26.7 Å². The Morgan fingerprint density at radius 1 is 1.40 bits per heavy atom. The lowest BCUT2D eigenvalue weighted by atomic mass is 9.99. The molecule has 0 N–H and O–H groups in total. The van der Waals surface area contributed by atoms with Gasteiger partial charge in [0.25, 0.3) is 0 Å². The summed E-state index contributed by atoms with van der Waals surface area (Å²) in [5, 5.41) is 0. The molecule has 0 aliphatic carbocycles. The van der Waals surface area contributed by atoms with Gasteiger partial charge in [-0.2, -0.15) is 0 Å². The van der Waals surface area contributed by atoms with Crippen molar-refractivity contribution in [1.82, 2.24) is 4.98 Å². The summed E-state index contributed by atoms with van der Waals surface area (Å²) in [5.41, 5.74) is 1.20. The molecule has 0 aromatic carbocycles. The van der Waals surface area contributed by atoms with Gasteiger partial charge in [-0.3, -0.25) is 0 Å². The molecule has 0 saturated carbocycles. The third-order valence-corrected chi connectivity index (χ3v) is 3.63. The Labute approximate surface area is 99.8 Å². The third kappa shape index (κ3) is 2.51. The predicted octanol–water partition coefficient (Wildman–Crippen LogP) is 3.39. The topological polar surface area (TPSA) is 16.1 Å². The quantitative estimate of drug-likeness (QED) is 0.776. The summed E-state index contributed by atoms with van der Waals surface area (Å²) in [7, 11) is 0. The summed E-state index contributed by atoms with van der Waals surface area (Å²) in [6, 6.07) is 2.14. The van der Waals surface area contributed by atoms with Gasteiger partial charge in [0.15, 0.2) is 0 Å². The molecule has 0 bridgehead atoms. The van der Waals surface area contributed by atoms with Crippen LogP contribution in [0.2, 0.25) is 0 Å². The number of aryl methyl sites for hydroxylation is 1. The zero-order chi connectivity index (χ0) is 10.8. The SMILES string of the molecule is Cc1cnc(N2CCC(C)CC2)c(Br)c1. The average Bonchev–Trinajstić information content (AvgIpc) is 2.20. The molecule has 1 aromatic rings. The summed E-state index contributed by atoms with van der Waals surface area (Å²) >= 11 is 3.59. The minimum absolute atomic E-state index is 0.866. The molecule has 3 heteroatoms. The van der Waals surface area contributed by atoms with Crippen LogP contribution in [0.15, 0.2) is 16.7 Å². The van der Waals surface area contributed by atoms with E-state index in [1.165, 1.54) is 18.4 Å². The van der Waals surface area contributed by atoms with Crippen molar-refractivity contribution in [3.05, 3.63) is 22.3 Å². The summed E-state index contributed by atoms with van der Waals surface area (Å²) in [5.74, 6) is 1.97. The van der Waals surface area contributed by atoms with Crippen molar-refractivity contribution in [1.29, 1.82) is 0 Å². The first-order chi connectivity index (χ1) is 7.16. The highest BCUT2D eigenvalue weighted by atomic mass is 79.9. The maximum atomic E-state index is 4.51. The minimum atomic E-state index is 0.866. The van der Waals surface area contributed by atoms with Gasteiger partial charge in [-0.25, -0.2) is 4.98 Å². The van der Waals surface area contributed by atoms with E-state index >= 15 is 0 Å². The van der Waals surface area contributed by atoms with E-state index in [2.05, 4.69) is 45.7 Å². The molecule has 2 heterocycles. The molecule has 2 rings (SSSR count). The van der Waals surface area contributed by atoms with Crippen molar-refractivity contribution in [2.24, 2.45) is 5.92 Å². The Bertz CT molecular complexity index is 343. The standard InChI is InChI=1S/C12H17BrN2/c1-9-3-5-15(6-4-9)12-11(13)7-10(2)8-14-12/h7-9H,3-6H2,1-2H3. The Balaban J connectivity index is 2.15. The lowest BCUT2D eigenvalue weighted by Gasteiger charge is -2.31. The van der Waals surface area contributed by atoms with E-state index in [-0.39, 0.29) is 0 Å². The van der Waals surface area contributed by atoms with Crippen LogP contribution in [0, 0.1) is 12.8 Å². The van der Waals surface area contributed by atoms with Crippen molar-refractivity contribution in [2.75, 3.05) is 18.0 Å². The summed E-state index contributed by atoms with van der Waals surface area (Å²) in [6.45, 7) is 6.67. The van der Waals surface area contributed by atoms with Crippen LogP contribution in [0.25, 0.3) is 0 Å². The van der Waals surface area contributed by atoms with Crippen molar-refractivity contribution >= 4 is 21.7 Å². The number of pyridine rings is 1. The monoisotopic (exact) mass is 268 g/mol. The van der Waals surface area contributed by atoms with Crippen molar-refractivity contribution < 1.29 is 0 Å². The molecule has 0 atom stereocenters. The van der Waals surface area contributed by atoms with Gasteiger partial charge in [-0.05, 0) is 53.2 Å². The Morgan fingerprint density at radius 3 is 2.67 bits per heavy atom. The predicted molar refractivity (Wildman–Crippen MR) is 67.3 cm³/mol. The van der Waals surface area contributed by atoms with E-state index < -0.39 is 0 Å². The highest BCUT2D eigenvalue weighted by Crippen LogP contribution is 2.28. The maximum absolute atomic E-state index is 4.51. The van der Waals surface area contributed by atoms with Gasteiger partial charge < -0.3 is 4.90 Å². The normalized spacial score (nSPS) is 18.2. The van der Waals surface area contributed by atoms with Gasteiger partial charge in [0.1, 0.15) is 5.82 Å². The van der Waals surface area contributed by atoms with Crippen LogP contribution in [-0.4, -0.2) is 18.1 Å². The van der Waals surface area contributed by atoms with Gasteiger partial charge >= 0.3 is 0 Å². The molecular weight excluding hydrogens is 252 g/mol. The fraction of sp³-hybridized carbons (Fsp3) is 0.583. The summed E-state index contributed by atoms with van der Waals surface area (Å²) in [4.78, 5) is 6.88. The van der Waals surface area contributed by atoms with Gasteiger partial charge in [0.05, 0.1) is 4.47 Å². The highest BCUT2D eigenvalue weighted by Gasteiger charge is 2.18. The van der Waals surface area contributed by atoms with Gasteiger partial charge in [-0.15, -0.1) is 0 Å². The van der Waals surface area contributed by atoms with Crippen LogP contribution in [0.5, 0.6) is 0 Å². The third-order valence-electron chi connectivity index (χ3n) is 3.04. The van der Waals surface area contributed by atoms with Crippen molar-refractivity contribution in [3.63, 3.8) is 0 Å². The average molecular weight is 269 g/mol. The van der Waals surface area contributed by atoms with Crippen LogP contribution >= 0.6 is 15.9 Å². The Hall–Kier alpha value is -0.570. The lowest BCUT2D eigenvalue weighted by Crippen LogP contribution is -2.33. The first-order valence-electron chi connectivity index (χ1n) is 5.54. The van der Waals surface area contributed by atoms with Crippen LogP contribution in [0.4, 0.5) is 5.82 Å². The molecule has 0 amide bonds. The Morgan fingerprint density at radius 2 is 2.07 bits per heavy atom. The second kappa shape index (κ2) is 4.52. The van der Waals surface area contributed by atoms with E-state index in [1.807, 2.05) is 6.20 Å². The zero-order valence-corrected chi connectivity index (χ0v) is 10.9. The molecule has 1 aliphatic rings. The number of nitrogens with zero attached hydrogens (tertiary/aromatic N) is 2. The molecular formula is C12H17BrN2. The van der Waals surface area contributed by atoms with E-state index in [0.29, 0.717) is 0 Å². The van der Waals surface area contributed by atoms with Crippen LogP contribution in [0.3, 0.4) is 0 Å². The molecule has 15 heavy (non-hydrogen) atoms. The number of hydrogen-bond acceptors (Lipinski definition) is 2. The largest absolute Gasteiger partial charge is 0.356 e. The number of halogens is 1. The fourth-order valence-corrected chi connectivity index (χ4v) is 2.69. The zero-order valence-electron chi connectivity index (χ0n) is 9.33.